The SMILES string of the molecule is CNC(C)CNC(=O)c1cncn1C. The van der Waals surface area contributed by atoms with E-state index < -0.39 is 0 Å². The fourth-order valence-electron chi connectivity index (χ4n) is 1.01. The van der Waals surface area contributed by atoms with E-state index in [0.29, 0.717) is 12.2 Å². The fraction of sp³-hybridized carbons (Fsp3) is 0.556. The van der Waals surface area contributed by atoms with E-state index in [1.54, 1.807) is 24.1 Å². The topological polar surface area (TPSA) is 58.9 Å². The van der Waals surface area contributed by atoms with Gasteiger partial charge in [-0.25, -0.2) is 4.98 Å². The van der Waals surface area contributed by atoms with Gasteiger partial charge in [0.25, 0.3) is 5.91 Å². The molecule has 78 valence electrons. The van der Waals surface area contributed by atoms with Crippen LogP contribution in [0.3, 0.4) is 0 Å². The first kappa shape index (κ1) is 10.7. The van der Waals surface area contributed by atoms with Crippen molar-refractivity contribution in [2.45, 2.75) is 13.0 Å². The Bertz CT molecular complexity index is 308. The van der Waals surface area contributed by atoms with Crippen LogP contribution in [0.15, 0.2) is 12.5 Å². The van der Waals surface area contributed by atoms with Crippen molar-refractivity contribution in [2.75, 3.05) is 13.6 Å². The molecule has 1 atom stereocenters. The lowest BCUT2D eigenvalue weighted by Crippen LogP contribution is -2.37. The van der Waals surface area contributed by atoms with Gasteiger partial charge in [0, 0.05) is 19.6 Å². The number of imidazole rings is 1. The molecule has 1 unspecified atom stereocenters. The van der Waals surface area contributed by atoms with Crippen LogP contribution in [0, 0.1) is 0 Å². The smallest absolute Gasteiger partial charge is 0.269 e. The van der Waals surface area contributed by atoms with Gasteiger partial charge in [-0.15, -0.1) is 0 Å². The maximum absolute atomic E-state index is 11.5. The maximum Gasteiger partial charge on any atom is 0.269 e. The van der Waals surface area contributed by atoms with Gasteiger partial charge in [-0.05, 0) is 14.0 Å². The summed E-state index contributed by atoms with van der Waals surface area (Å²) < 4.78 is 1.69. The number of nitrogens with zero attached hydrogens (tertiary/aromatic N) is 2. The quantitative estimate of drug-likeness (QED) is 0.698. The molecule has 5 heteroatoms. The fourth-order valence-corrected chi connectivity index (χ4v) is 1.01. The second-order valence-electron chi connectivity index (χ2n) is 3.29. The number of likely N-dealkylation sites (N-methyl/N-ethyl adjacent to an activating group) is 1. The molecule has 2 N–H and O–H groups in total. The lowest BCUT2D eigenvalue weighted by atomic mass is 10.3. The van der Waals surface area contributed by atoms with Crippen LogP contribution in [0.2, 0.25) is 0 Å². The van der Waals surface area contributed by atoms with Crippen LogP contribution in [-0.4, -0.2) is 35.1 Å². The molecule has 0 aromatic carbocycles. The van der Waals surface area contributed by atoms with E-state index in [0.717, 1.165) is 0 Å². The van der Waals surface area contributed by atoms with Crippen LogP contribution in [0.1, 0.15) is 17.4 Å². The van der Waals surface area contributed by atoms with Crippen LogP contribution < -0.4 is 10.6 Å². The van der Waals surface area contributed by atoms with Gasteiger partial charge in [-0.3, -0.25) is 4.79 Å². The number of carbonyl (C=O) groups excluding carboxylic acids is 1. The van der Waals surface area contributed by atoms with E-state index in [4.69, 9.17) is 0 Å². The molecule has 1 amide bonds. The largest absolute Gasteiger partial charge is 0.349 e. The highest BCUT2D eigenvalue weighted by Crippen LogP contribution is 1.95. The van der Waals surface area contributed by atoms with Crippen molar-refractivity contribution in [2.24, 2.45) is 7.05 Å². The summed E-state index contributed by atoms with van der Waals surface area (Å²) in [6.45, 7) is 2.62. The van der Waals surface area contributed by atoms with E-state index in [1.807, 2.05) is 14.0 Å². The maximum atomic E-state index is 11.5. The molecule has 0 aliphatic heterocycles. The molecule has 1 rings (SSSR count). The number of aryl methyl sites for hydroxylation is 1. The Kier molecular flexibility index (Phi) is 3.64. The third kappa shape index (κ3) is 2.56. The minimum atomic E-state index is -0.0906. The summed E-state index contributed by atoms with van der Waals surface area (Å²) in [5.74, 6) is -0.0906. The van der Waals surface area contributed by atoms with Crippen LogP contribution in [0.25, 0.3) is 0 Å². The molecule has 1 aromatic rings. The minimum absolute atomic E-state index is 0.0906. The second-order valence-corrected chi connectivity index (χ2v) is 3.29. The number of rotatable bonds is 4. The lowest BCUT2D eigenvalue weighted by molar-refractivity contribution is 0.0942. The Hall–Kier alpha value is -1.36. The molecule has 14 heavy (non-hydrogen) atoms. The summed E-state index contributed by atoms with van der Waals surface area (Å²) in [7, 11) is 3.66. The number of aromatic nitrogens is 2. The van der Waals surface area contributed by atoms with E-state index in [1.165, 1.54) is 0 Å². The molecular weight excluding hydrogens is 180 g/mol. The van der Waals surface area contributed by atoms with Gasteiger partial charge in [0.05, 0.1) is 12.5 Å². The standard InChI is InChI=1S/C9H16N4O/c1-7(10-2)4-12-9(14)8-5-11-6-13(8)3/h5-7,10H,4H2,1-3H3,(H,12,14). The summed E-state index contributed by atoms with van der Waals surface area (Å²) >= 11 is 0. The van der Waals surface area contributed by atoms with Crippen molar-refractivity contribution < 1.29 is 4.79 Å². The monoisotopic (exact) mass is 196 g/mol. The van der Waals surface area contributed by atoms with Crippen LogP contribution in [0.5, 0.6) is 0 Å². The van der Waals surface area contributed by atoms with Crippen molar-refractivity contribution >= 4 is 5.91 Å². The van der Waals surface area contributed by atoms with Gasteiger partial charge < -0.3 is 15.2 Å². The summed E-state index contributed by atoms with van der Waals surface area (Å²) in [4.78, 5) is 15.4. The van der Waals surface area contributed by atoms with Crippen LogP contribution in [-0.2, 0) is 7.05 Å². The lowest BCUT2D eigenvalue weighted by Gasteiger charge is -2.11. The zero-order valence-corrected chi connectivity index (χ0v) is 8.74. The molecule has 0 saturated carbocycles. The van der Waals surface area contributed by atoms with Gasteiger partial charge in [0.2, 0.25) is 0 Å². The van der Waals surface area contributed by atoms with Crippen molar-refractivity contribution in [3.05, 3.63) is 18.2 Å². The number of hydrogen-bond acceptors (Lipinski definition) is 3. The number of amides is 1. The molecule has 0 bridgehead atoms. The zero-order chi connectivity index (χ0) is 10.6. The normalized spacial score (nSPS) is 12.5. The van der Waals surface area contributed by atoms with Crippen LogP contribution in [0.4, 0.5) is 0 Å². The summed E-state index contributed by atoms with van der Waals surface area (Å²) in [5, 5.41) is 5.86. The van der Waals surface area contributed by atoms with Crippen molar-refractivity contribution in [3.8, 4) is 0 Å². The number of hydrogen-bond donors (Lipinski definition) is 2. The molecule has 5 nitrogen and oxygen atoms in total. The molecule has 1 heterocycles. The summed E-state index contributed by atoms with van der Waals surface area (Å²) in [6, 6.07) is 0.271. The Morgan fingerprint density at radius 2 is 2.43 bits per heavy atom. The van der Waals surface area contributed by atoms with Crippen molar-refractivity contribution in [1.82, 2.24) is 20.2 Å². The van der Waals surface area contributed by atoms with Crippen LogP contribution >= 0.6 is 0 Å². The number of carbonyl (C=O) groups is 1. The molecule has 0 aliphatic carbocycles. The predicted molar refractivity (Wildman–Crippen MR) is 54.1 cm³/mol. The Balaban J connectivity index is 2.47. The highest BCUT2D eigenvalue weighted by molar-refractivity contribution is 5.92. The molecular formula is C9H16N4O. The van der Waals surface area contributed by atoms with Gasteiger partial charge in [0.15, 0.2) is 0 Å². The van der Waals surface area contributed by atoms with Gasteiger partial charge in [-0.1, -0.05) is 0 Å². The minimum Gasteiger partial charge on any atom is -0.349 e. The van der Waals surface area contributed by atoms with Gasteiger partial charge in [-0.2, -0.15) is 0 Å². The first-order chi connectivity index (χ1) is 6.65. The molecule has 0 spiro atoms. The third-order valence-electron chi connectivity index (χ3n) is 2.11. The Morgan fingerprint density at radius 3 is 2.93 bits per heavy atom. The first-order valence-corrected chi connectivity index (χ1v) is 4.57. The van der Waals surface area contributed by atoms with E-state index in [9.17, 15) is 4.79 Å². The molecule has 0 aliphatic rings. The summed E-state index contributed by atoms with van der Waals surface area (Å²) in [5.41, 5.74) is 0.577. The molecule has 1 aromatic heterocycles. The van der Waals surface area contributed by atoms with Gasteiger partial charge >= 0.3 is 0 Å². The predicted octanol–water partition coefficient (Wildman–Crippen LogP) is -0.242. The summed E-state index contributed by atoms with van der Waals surface area (Å²) in [6.07, 6.45) is 3.16. The molecule has 0 saturated heterocycles. The van der Waals surface area contributed by atoms with Crippen molar-refractivity contribution in [1.29, 1.82) is 0 Å². The van der Waals surface area contributed by atoms with Crippen molar-refractivity contribution in [3.63, 3.8) is 0 Å². The second kappa shape index (κ2) is 4.76. The van der Waals surface area contributed by atoms with E-state index in [2.05, 4.69) is 15.6 Å². The average molecular weight is 196 g/mol. The first-order valence-electron chi connectivity index (χ1n) is 4.57. The Labute approximate surface area is 83.5 Å². The van der Waals surface area contributed by atoms with E-state index in [-0.39, 0.29) is 11.9 Å². The molecule has 0 radical (unpaired) electrons. The Morgan fingerprint density at radius 1 is 1.71 bits per heavy atom. The third-order valence-corrected chi connectivity index (χ3v) is 2.11. The van der Waals surface area contributed by atoms with Gasteiger partial charge in [0.1, 0.15) is 5.69 Å². The van der Waals surface area contributed by atoms with E-state index >= 15 is 0 Å². The molecule has 0 fully saturated rings. The average Bonchev–Trinajstić information content (AvgIpc) is 2.60. The highest BCUT2D eigenvalue weighted by atomic mass is 16.1. The highest BCUT2D eigenvalue weighted by Gasteiger charge is 2.09. The number of nitrogens with one attached hydrogen (secondary N) is 2. The zero-order valence-electron chi connectivity index (χ0n) is 8.74.